The third-order valence-electron chi connectivity index (χ3n) is 2.03. The molecule has 1 unspecified atom stereocenters. The fourth-order valence-electron chi connectivity index (χ4n) is 1.04. The lowest BCUT2D eigenvalue weighted by atomic mass is 10.1. The van der Waals surface area contributed by atoms with Gasteiger partial charge in [-0.3, -0.25) is 4.98 Å². The van der Waals surface area contributed by atoms with Gasteiger partial charge in [-0.15, -0.1) is 0 Å². The highest BCUT2D eigenvalue weighted by Crippen LogP contribution is 2.13. The largest absolute Gasteiger partial charge is 0.488 e. The van der Waals surface area contributed by atoms with Gasteiger partial charge in [0.15, 0.2) is 5.60 Å². The summed E-state index contributed by atoms with van der Waals surface area (Å²) in [5, 5.41) is 9.68. The molecule has 1 aromatic heterocycles. The molecule has 0 aliphatic rings. The summed E-state index contributed by atoms with van der Waals surface area (Å²) >= 11 is 0. The summed E-state index contributed by atoms with van der Waals surface area (Å²) in [6, 6.07) is 3.50. The first kappa shape index (κ1) is 12.4. The Bertz CT molecular complexity index is 359. The summed E-state index contributed by atoms with van der Waals surface area (Å²) in [5.74, 6) is -0.234. The summed E-state index contributed by atoms with van der Waals surface area (Å²) in [4.78, 5) is 15.2. The van der Waals surface area contributed by atoms with E-state index in [1.165, 1.54) is 20.2 Å². The molecule has 16 heavy (non-hydrogen) atoms. The van der Waals surface area contributed by atoms with E-state index in [0.717, 1.165) is 5.69 Å². The number of aliphatic hydroxyl groups is 1. The van der Waals surface area contributed by atoms with Gasteiger partial charge in [0.2, 0.25) is 0 Å². The first-order chi connectivity index (χ1) is 7.45. The Morgan fingerprint density at radius 1 is 1.56 bits per heavy atom. The quantitative estimate of drug-likeness (QED) is 0.764. The van der Waals surface area contributed by atoms with Crippen LogP contribution in [0.1, 0.15) is 12.6 Å². The SMILES string of the molecule is COC(=O)C(C)(O)COc1ccc(C)nc1. The number of ether oxygens (including phenoxy) is 2. The van der Waals surface area contributed by atoms with E-state index < -0.39 is 11.6 Å². The zero-order chi connectivity index (χ0) is 12.2. The first-order valence-electron chi connectivity index (χ1n) is 4.82. The average molecular weight is 225 g/mol. The van der Waals surface area contributed by atoms with E-state index in [1.54, 1.807) is 12.1 Å². The molecule has 0 radical (unpaired) electrons. The molecule has 0 bridgehead atoms. The number of aromatic nitrogens is 1. The van der Waals surface area contributed by atoms with E-state index in [1.807, 2.05) is 6.92 Å². The van der Waals surface area contributed by atoms with Crippen LogP contribution in [-0.4, -0.2) is 35.4 Å². The molecular weight excluding hydrogens is 210 g/mol. The van der Waals surface area contributed by atoms with Crippen molar-refractivity contribution in [3.05, 3.63) is 24.0 Å². The van der Waals surface area contributed by atoms with Crippen molar-refractivity contribution >= 4 is 5.97 Å². The van der Waals surface area contributed by atoms with Crippen LogP contribution in [0.2, 0.25) is 0 Å². The molecule has 88 valence electrons. The summed E-state index contributed by atoms with van der Waals surface area (Å²) in [5.41, 5.74) is -0.785. The van der Waals surface area contributed by atoms with E-state index in [9.17, 15) is 9.90 Å². The minimum atomic E-state index is -1.65. The van der Waals surface area contributed by atoms with E-state index in [4.69, 9.17) is 4.74 Å². The van der Waals surface area contributed by atoms with E-state index in [-0.39, 0.29) is 6.61 Å². The molecule has 5 nitrogen and oxygen atoms in total. The highest BCUT2D eigenvalue weighted by atomic mass is 16.6. The van der Waals surface area contributed by atoms with Crippen LogP contribution in [-0.2, 0) is 9.53 Å². The number of carbonyl (C=O) groups is 1. The second-order valence-electron chi connectivity index (χ2n) is 3.69. The van der Waals surface area contributed by atoms with Crippen molar-refractivity contribution in [1.29, 1.82) is 0 Å². The van der Waals surface area contributed by atoms with Crippen LogP contribution >= 0.6 is 0 Å². The number of nitrogens with zero attached hydrogens (tertiary/aromatic N) is 1. The molecule has 1 N–H and O–H groups in total. The number of aryl methyl sites for hydroxylation is 1. The smallest absolute Gasteiger partial charge is 0.341 e. The van der Waals surface area contributed by atoms with Crippen molar-refractivity contribution in [1.82, 2.24) is 4.98 Å². The van der Waals surface area contributed by atoms with Crippen LogP contribution in [0, 0.1) is 6.92 Å². The number of hydrogen-bond acceptors (Lipinski definition) is 5. The van der Waals surface area contributed by atoms with Crippen LogP contribution < -0.4 is 4.74 Å². The minimum absolute atomic E-state index is 0.176. The minimum Gasteiger partial charge on any atom is -0.488 e. The highest BCUT2D eigenvalue weighted by molar-refractivity contribution is 5.78. The maximum atomic E-state index is 11.1. The number of hydrogen-bond donors (Lipinski definition) is 1. The molecule has 0 fully saturated rings. The summed E-state index contributed by atoms with van der Waals surface area (Å²) in [6.45, 7) is 3.01. The zero-order valence-corrected chi connectivity index (χ0v) is 9.56. The maximum Gasteiger partial charge on any atom is 0.341 e. The van der Waals surface area contributed by atoms with Gasteiger partial charge < -0.3 is 14.6 Å². The topological polar surface area (TPSA) is 68.7 Å². The maximum absolute atomic E-state index is 11.1. The predicted octanol–water partition coefficient (Wildman–Crippen LogP) is 0.693. The number of methoxy groups -OCH3 is 1. The molecular formula is C11H15NO4. The number of esters is 1. The van der Waals surface area contributed by atoms with Crippen molar-refractivity contribution in [2.75, 3.05) is 13.7 Å². The van der Waals surface area contributed by atoms with Crippen LogP contribution in [0.15, 0.2) is 18.3 Å². The summed E-state index contributed by atoms with van der Waals surface area (Å²) in [7, 11) is 1.21. The molecule has 0 aromatic carbocycles. The van der Waals surface area contributed by atoms with Gasteiger partial charge in [-0.05, 0) is 26.0 Å². The monoisotopic (exact) mass is 225 g/mol. The van der Waals surface area contributed by atoms with E-state index in [2.05, 4.69) is 9.72 Å². The van der Waals surface area contributed by atoms with Gasteiger partial charge in [-0.25, -0.2) is 4.79 Å². The first-order valence-corrected chi connectivity index (χ1v) is 4.82. The van der Waals surface area contributed by atoms with Gasteiger partial charge in [0.05, 0.1) is 13.3 Å². The van der Waals surface area contributed by atoms with Gasteiger partial charge >= 0.3 is 5.97 Å². The fourth-order valence-corrected chi connectivity index (χ4v) is 1.04. The third-order valence-corrected chi connectivity index (χ3v) is 2.03. The van der Waals surface area contributed by atoms with E-state index >= 15 is 0 Å². The second-order valence-corrected chi connectivity index (χ2v) is 3.69. The molecule has 0 amide bonds. The predicted molar refractivity (Wildman–Crippen MR) is 57.1 cm³/mol. The second kappa shape index (κ2) is 4.94. The van der Waals surface area contributed by atoms with E-state index in [0.29, 0.717) is 5.75 Å². The van der Waals surface area contributed by atoms with Crippen molar-refractivity contribution in [2.45, 2.75) is 19.4 Å². The number of pyridine rings is 1. The van der Waals surface area contributed by atoms with Gasteiger partial charge in [0.1, 0.15) is 12.4 Å². The lowest BCUT2D eigenvalue weighted by molar-refractivity contribution is -0.163. The van der Waals surface area contributed by atoms with Gasteiger partial charge in [-0.1, -0.05) is 0 Å². The molecule has 0 aliphatic heterocycles. The lowest BCUT2D eigenvalue weighted by Crippen LogP contribution is -2.42. The zero-order valence-electron chi connectivity index (χ0n) is 9.56. The summed E-state index contributed by atoms with van der Waals surface area (Å²) in [6.07, 6.45) is 1.53. The Morgan fingerprint density at radius 3 is 2.75 bits per heavy atom. The van der Waals surface area contributed by atoms with Crippen LogP contribution in [0.25, 0.3) is 0 Å². The Kier molecular flexibility index (Phi) is 3.84. The molecule has 0 saturated heterocycles. The van der Waals surface area contributed by atoms with Gasteiger partial charge in [-0.2, -0.15) is 0 Å². The summed E-state index contributed by atoms with van der Waals surface area (Å²) < 4.78 is 9.67. The number of rotatable bonds is 4. The average Bonchev–Trinajstić information content (AvgIpc) is 2.27. The third kappa shape index (κ3) is 3.20. The molecule has 0 saturated carbocycles. The molecule has 1 heterocycles. The van der Waals surface area contributed by atoms with Crippen molar-refractivity contribution in [3.63, 3.8) is 0 Å². The Balaban J connectivity index is 2.57. The Labute approximate surface area is 94.0 Å². The molecule has 1 atom stereocenters. The standard InChI is InChI=1S/C11H15NO4/c1-8-4-5-9(6-12-8)16-7-11(2,14)10(13)15-3/h4-6,14H,7H2,1-3H3. The van der Waals surface area contributed by atoms with Crippen LogP contribution in [0.4, 0.5) is 0 Å². The highest BCUT2D eigenvalue weighted by Gasteiger charge is 2.32. The lowest BCUT2D eigenvalue weighted by Gasteiger charge is -2.20. The van der Waals surface area contributed by atoms with Crippen LogP contribution in [0.3, 0.4) is 0 Å². The molecule has 0 spiro atoms. The van der Waals surface area contributed by atoms with Crippen LogP contribution in [0.5, 0.6) is 5.75 Å². The Morgan fingerprint density at radius 2 is 2.25 bits per heavy atom. The number of carbonyl (C=O) groups excluding carboxylic acids is 1. The van der Waals surface area contributed by atoms with Gasteiger partial charge in [0.25, 0.3) is 0 Å². The fraction of sp³-hybridized carbons (Fsp3) is 0.455. The molecule has 0 aliphatic carbocycles. The molecule has 1 aromatic rings. The van der Waals surface area contributed by atoms with Crippen molar-refractivity contribution < 1.29 is 19.4 Å². The normalized spacial score (nSPS) is 14.0. The van der Waals surface area contributed by atoms with Gasteiger partial charge in [0, 0.05) is 5.69 Å². The van der Waals surface area contributed by atoms with Crippen molar-refractivity contribution in [2.24, 2.45) is 0 Å². The van der Waals surface area contributed by atoms with Crippen molar-refractivity contribution in [3.8, 4) is 5.75 Å². The molecule has 5 heteroatoms. The molecule has 1 rings (SSSR count). The Hall–Kier alpha value is -1.62.